The number of thioether (sulfide) groups is 1. The molecule has 4 saturated carbocycles. The van der Waals surface area contributed by atoms with Crippen LogP contribution in [-0.4, -0.2) is 17.0 Å². The minimum absolute atomic E-state index is 0.166. The summed E-state index contributed by atoms with van der Waals surface area (Å²) in [5, 5.41) is 3.50. The van der Waals surface area contributed by atoms with Crippen LogP contribution in [0, 0.1) is 17.3 Å². The molecule has 1 N–H and O–H groups in total. The fraction of sp³-hybridized carbons (Fsp3) is 0.923. The van der Waals surface area contributed by atoms with E-state index in [1.165, 1.54) is 50.3 Å². The highest BCUT2D eigenvalue weighted by atomic mass is 32.2. The Bertz CT molecular complexity index is 314. The smallest absolute Gasteiger partial charge is 0.279 e. The molecular weight excluding hydrogens is 218 g/mol. The molecule has 90 valence electrons. The van der Waals surface area contributed by atoms with Gasteiger partial charge in [-0.05, 0) is 62.0 Å². The molecule has 0 heterocycles. The Balaban J connectivity index is 1.83. The number of amides is 1. The second kappa shape index (κ2) is 3.41. The van der Waals surface area contributed by atoms with E-state index in [4.69, 9.17) is 0 Å². The lowest BCUT2D eigenvalue weighted by atomic mass is 9.47. The Morgan fingerprint density at radius 2 is 1.88 bits per heavy atom. The van der Waals surface area contributed by atoms with Gasteiger partial charge in [-0.2, -0.15) is 0 Å². The minimum atomic E-state index is 0.166. The molecule has 2 nitrogen and oxygen atoms in total. The first-order valence-corrected chi connectivity index (χ1v) is 7.61. The highest BCUT2D eigenvalue weighted by Gasteiger charge is 2.56. The van der Waals surface area contributed by atoms with Crippen LogP contribution in [0.4, 0.5) is 4.79 Å². The van der Waals surface area contributed by atoms with E-state index in [1.54, 1.807) is 0 Å². The molecule has 1 amide bonds. The summed E-state index contributed by atoms with van der Waals surface area (Å²) in [6.45, 7) is 2.43. The molecule has 4 bridgehead atoms. The standard InChI is InChI=1S/C13H21NOS/c1-12-4-9-3-10(5-12)7-13(6-9,8-12)14-11(15)16-2/h9-10H,3-8H2,1-2H3,(H,14,15)/t9-,10+,12?,13?. The van der Waals surface area contributed by atoms with Crippen molar-refractivity contribution in [3.05, 3.63) is 0 Å². The maximum atomic E-state index is 11.7. The third-order valence-corrected chi connectivity index (χ3v) is 5.38. The highest BCUT2D eigenvalue weighted by molar-refractivity contribution is 8.12. The molecule has 4 rings (SSSR count). The van der Waals surface area contributed by atoms with Crippen molar-refractivity contribution in [2.24, 2.45) is 17.3 Å². The molecule has 3 heteroatoms. The van der Waals surface area contributed by atoms with E-state index in [0.717, 1.165) is 11.8 Å². The number of hydrogen-bond donors (Lipinski definition) is 1. The second-order valence-corrected chi connectivity index (χ2v) is 7.45. The van der Waals surface area contributed by atoms with E-state index in [-0.39, 0.29) is 10.8 Å². The Morgan fingerprint density at radius 1 is 1.25 bits per heavy atom. The van der Waals surface area contributed by atoms with Crippen LogP contribution in [0.15, 0.2) is 0 Å². The molecule has 0 saturated heterocycles. The zero-order valence-corrected chi connectivity index (χ0v) is 11.0. The normalized spacial score (nSPS) is 49.4. The van der Waals surface area contributed by atoms with E-state index < -0.39 is 0 Å². The van der Waals surface area contributed by atoms with Crippen LogP contribution < -0.4 is 5.32 Å². The van der Waals surface area contributed by atoms with E-state index in [0.29, 0.717) is 5.41 Å². The van der Waals surface area contributed by atoms with Crippen LogP contribution in [0.2, 0.25) is 0 Å². The van der Waals surface area contributed by atoms with Gasteiger partial charge in [-0.1, -0.05) is 18.7 Å². The number of nitrogens with one attached hydrogen (secondary N) is 1. The predicted molar refractivity (Wildman–Crippen MR) is 67.6 cm³/mol. The first-order chi connectivity index (χ1) is 7.53. The molecule has 4 atom stereocenters. The van der Waals surface area contributed by atoms with Crippen molar-refractivity contribution in [2.75, 3.05) is 6.26 Å². The van der Waals surface area contributed by atoms with Gasteiger partial charge in [0.1, 0.15) is 0 Å². The number of carbonyl (C=O) groups is 1. The SMILES string of the molecule is CSC(=O)NC12C[C@@H]3C[C@@H](CC(C)(C3)C1)C2. The average Bonchev–Trinajstić information content (AvgIpc) is 2.12. The summed E-state index contributed by atoms with van der Waals surface area (Å²) in [7, 11) is 0. The van der Waals surface area contributed by atoms with E-state index in [1.807, 2.05) is 6.26 Å². The third kappa shape index (κ3) is 1.68. The summed E-state index contributed by atoms with van der Waals surface area (Å²) in [6, 6.07) is 0. The molecule has 0 aliphatic heterocycles. The molecule has 4 aliphatic carbocycles. The van der Waals surface area contributed by atoms with Crippen LogP contribution in [0.3, 0.4) is 0 Å². The van der Waals surface area contributed by atoms with Crippen molar-refractivity contribution >= 4 is 17.0 Å². The lowest BCUT2D eigenvalue weighted by Gasteiger charge is -2.61. The number of hydrogen-bond acceptors (Lipinski definition) is 2. The summed E-state index contributed by atoms with van der Waals surface area (Å²) >= 11 is 1.32. The minimum Gasteiger partial charge on any atom is -0.342 e. The molecule has 0 radical (unpaired) electrons. The van der Waals surface area contributed by atoms with Crippen molar-refractivity contribution in [3.8, 4) is 0 Å². The van der Waals surface area contributed by atoms with Crippen molar-refractivity contribution < 1.29 is 4.79 Å². The summed E-state index contributed by atoms with van der Waals surface area (Å²) in [6.07, 6.45) is 9.81. The Kier molecular flexibility index (Phi) is 2.33. The van der Waals surface area contributed by atoms with Crippen LogP contribution in [0.25, 0.3) is 0 Å². The molecule has 16 heavy (non-hydrogen) atoms. The molecule has 4 aliphatic rings. The van der Waals surface area contributed by atoms with Crippen molar-refractivity contribution in [1.82, 2.24) is 5.32 Å². The summed E-state index contributed by atoms with van der Waals surface area (Å²) < 4.78 is 0. The maximum absolute atomic E-state index is 11.7. The number of rotatable bonds is 1. The molecule has 0 aromatic carbocycles. The van der Waals surface area contributed by atoms with Gasteiger partial charge in [-0.3, -0.25) is 4.79 Å². The number of carbonyl (C=O) groups excluding carboxylic acids is 1. The van der Waals surface area contributed by atoms with Gasteiger partial charge in [-0.15, -0.1) is 0 Å². The van der Waals surface area contributed by atoms with Gasteiger partial charge < -0.3 is 5.32 Å². The van der Waals surface area contributed by atoms with Gasteiger partial charge in [0.15, 0.2) is 0 Å². The van der Waals surface area contributed by atoms with Gasteiger partial charge in [0.2, 0.25) is 0 Å². The van der Waals surface area contributed by atoms with Crippen molar-refractivity contribution in [1.29, 1.82) is 0 Å². The van der Waals surface area contributed by atoms with E-state index in [9.17, 15) is 4.79 Å². The summed E-state index contributed by atoms with van der Waals surface area (Å²) in [5.74, 6) is 1.77. The van der Waals surface area contributed by atoms with Gasteiger partial charge in [-0.25, -0.2) is 0 Å². The maximum Gasteiger partial charge on any atom is 0.279 e. The second-order valence-electron chi connectivity index (χ2n) is 6.67. The average molecular weight is 239 g/mol. The third-order valence-electron chi connectivity index (χ3n) is 4.91. The zero-order valence-electron chi connectivity index (χ0n) is 10.2. The molecule has 4 fully saturated rings. The first kappa shape index (κ1) is 10.9. The molecule has 0 aromatic heterocycles. The Labute approximate surface area is 102 Å². The monoisotopic (exact) mass is 239 g/mol. The summed E-state index contributed by atoms with van der Waals surface area (Å²) in [4.78, 5) is 11.7. The lowest BCUT2D eigenvalue weighted by molar-refractivity contribution is -0.0657. The van der Waals surface area contributed by atoms with Gasteiger partial charge >= 0.3 is 0 Å². The summed E-state index contributed by atoms with van der Waals surface area (Å²) in [5.41, 5.74) is 0.689. The Hall–Kier alpha value is -0.180. The molecular formula is C13H21NOS. The van der Waals surface area contributed by atoms with Crippen LogP contribution in [-0.2, 0) is 0 Å². The quantitative estimate of drug-likeness (QED) is 0.759. The van der Waals surface area contributed by atoms with Crippen molar-refractivity contribution in [2.45, 2.75) is 51.0 Å². The Morgan fingerprint density at radius 3 is 2.38 bits per heavy atom. The van der Waals surface area contributed by atoms with Crippen LogP contribution in [0.1, 0.15) is 45.4 Å². The molecule has 2 unspecified atom stereocenters. The molecule has 0 aromatic rings. The zero-order chi connectivity index (χ0) is 11.4. The van der Waals surface area contributed by atoms with Crippen LogP contribution in [0.5, 0.6) is 0 Å². The van der Waals surface area contributed by atoms with E-state index in [2.05, 4.69) is 12.2 Å². The topological polar surface area (TPSA) is 29.1 Å². The van der Waals surface area contributed by atoms with Gasteiger partial charge in [0, 0.05) is 5.54 Å². The first-order valence-electron chi connectivity index (χ1n) is 6.39. The largest absolute Gasteiger partial charge is 0.342 e. The lowest BCUT2D eigenvalue weighted by Crippen LogP contribution is -2.62. The molecule has 0 spiro atoms. The van der Waals surface area contributed by atoms with Gasteiger partial charge in [0.25, 0.3) is 5.24 Å². The highest BCUT2D eigenvalue weighted by Crippen LogP contribution is 2.61. The van der Waals surface area contributed by atoms with Crippen molar-refractivity contribution in [3.63, 3.8) is 0 Å². The van der Waals surface area contributed by atoms with E-state index >= 15 is 0 Å². The predicted octanol–water partition coefficient (Wildman–Crippen LogP) is 3.42. The fourth-order valence-corrected chi connectivity index (χ4v) is 5.45. The van der Waals surface area contributed by atoms with Crippen LogP contribution >= 0.6 is 11.8 Å². The fourth-order valence-electron chi connectivity index (χ4n) is 5.13. The van der Waals surface area contributed by atoms with Gasteiger partial charge in [0.05, 0.1) is 0 Å².